The summed E-state index contributed by atoms with van der Waals surface area (Å²) < 4.78 is 0. The second-order valence-electron chi connectivity index (χ2n) is 5.03. The molecule has 0 saturated carbocycles. The van der Waals surface area contributed by atoms with Crippen molar-refractivity contribution >= 4 is 5.97 Å². The van der Waals surface area contributed by atoms with E-state index in [0.29, 0.717) is 5.56 Å². The summed E-state index contributed by atoms with van der Waals surface area (Å²) in [6.45, 7) is 7.14. The van der Waals surface area contributed by atoms with Gasteiger partial charge in [-0.3, -0.25) is 4.90 Å². The molecule has 1 N–H and O–H groups in total. The molecule has 18 heavy (non-hydrogen) atoms. The number of benzene rings is 1. The average Bonchev–Trinajstić information content (AvgIpc) is 2.32. The molecular weight excluding hydrogens is 228 g/mol. The molecule has 98 valence electrons. The summed E-state index contributed by atoms with van der Waals surface area (Å²) in [6.07, 6.45) is 0. The minimum absolute atomic E-state index is 0.400. The summed E-state index contributed by atoms with van der Waals surface area (Å²) in [5.41, 5.74) is 2.44. The number of hydrogen-bond donors (Lipinski definition) is 1. The molecule has 1 heterocycles. The maximum Gasteiger partial charge on any atom is 0.335 e. The molecule has 0 spiro atoms. The Morgan fingerprint density at radius 3 is 2.50 bits per heavy atom. The molecule has 0 aliphatic carbocycles. The molecule has 0 unspecified atom stereocenters. The molecule has 0 radical (unpaired) electrons. The predicted octanol–water partition coefficient (Wildman–Crippen LogP) is 1.44. The molecule has 0 amide bonds. The van der Waals surface area contributed by atoms with Gasteiger partial charge in [0.15, 0.2) is 0 Å². The molecule has 1 aliphatic heterocycles. The molecule has 4 heteroatoms. The molecule has 1 saturated heterocycles. The van der Waals surface area contributed by atoms with Crippen molar-refractivity contribution in [1.29, 1.82) is 0 Å². The second kappa shape index (κ2) is 5.50. The minimum atomic E-state index is -0.848. The van der Waals surface area contributed by atoms with Crippen LogP contribution in [0.4, 0.5) is 0 Å². The van der Waals surface area contributed by atoms with Gasteiger partial charge in [0.05, 0.1) is 5.56 Å². The number of likely N-dealkylation sites (N-methyl/N-ethyl adjacent to an activating group) is 1. The second-order valence-corrected chi connectivity index (χ2v) is 5.03. The van der Waals surface area contributed by atoms with Crippen LogP contribution in [-0.4, -0.2) is 54.1 Å². The van der Waals surface area contributed by atoms with Crippen LogP contribution in [0.2, 0.25) is 0 Å². The maximum atomic E-state index is 10.9. The zero-order valence-electron chi connectivity index (χ0n) is 11.0. The summed E-state index contributed by atoms with van der Waals surface area (Å²) >= 11 is 0. The van der Waals surface area contributed by atoms with E-state index in [9.17, 15) is 4.79 Å². The number of aromatic carboxylic acids is 1. The van der Waals surface area contributed by atoms with Crippen LogP contribution < -0.4 is 0 Å². The van der Waals surface area contributed by atoms with Crippen molar-refractivity contribution in [3.8, 4) is 0 Å². The largest absolute Gasteiger partial charge is 0.478 e. The van der Waals surface area contributed by atoms with Gasteiger partial charge in [-0.05, 0) is 31.2 Å². The summed E-state index contributed by atoms with van der Waals surface area (Å²) in [7, 11) is 2.14. The lowest BCUT2D eigenvalue weighted by Gasteiger charge is -2.32. The smallest absolute Gasteiger partial charge is 0.335 e. The SMILES string of the molecule is Cc1cc(CN2CCN(C)CC2)ccc1C(=O)O. The molecule has 1 fully saturated rings. The molecule has 0 atom stereocenters. The van der Waals surface area contributed by atoms with E-state index in [4.69, 9.17) is 5.11 Å². The Balaban J connectivity index is 2.02. The van der Waals surface area contributed by atoms with Crippen LogP contribution in [0.25, 0.3) is 0 Å². The number of aryl methyl sites for hydroxylation is 1. The number of rotatable bonds is 3. The third-order valence-corrected chi connectivity index (χ3v) is 3.52. The van der Waals surface area contributed by atoms with E-state index in [2.05, 4.69) is 16.8 Å². The van der Waals surface area contributed by atoms with Crippen LogP contribution in [0, 0.1) is 6.92 Å². The summed E-state index contributed by atoms with van der Waals surface area (Å²) in [5, 5.41) is 8.99. The number of hydrogen-bond acceptors (Lipinski definition) is 3. The molecule has 1 aromatic carbocycles. The van der Waals surface area contributed by atoms with Crippen molar-refractivity contribution in [2.45, 2.75) is 13.5 Å². The van der Waals surface area contributed by atoms with Gasteiger partial charge in [0.1, 0.15) is 0 Å². The first-order valence-corrected chi connectivity index (χ1v) is 6.30. The van der Waals surface area contributed by atoms with E-state index in [0.717, 1.165) is 38.3 Å². The first-order valence-electron chi connectivity index (χ1n) is 6.30. The number of piperazine rings is 1. The number of carboxylic acid groups (broad SMARTS) is 1. The maximum absolute atomic E-state index is 10.9. The lowest BCUT2D eigenvalue weighted by molar-refractivity contribution is 0.0696. The van der Waals surface area contributed by atoms with Crippen molar-refractivity contribution in [2.75, 3.05) is 33.2 Å². The van der Waals surface area contributed by atoms with E-state index in [1.54, 1.807) is 6.07 Å². The normalized spacial score (nSPS) is 17.9. The van der Waals surface area contributed by atoms with Gasteiger partial charge in [-0.25, -0.2) is 4.79 Å². The van der Waals surface area contributed by atoms with Crippen molar-refractivity contribution in [1.82, 2.24) is 9.80 Å². The van der Waals surface area contributed by atoms with Gasteiger partial charge in [-0.2, -0.15) is 0 Å². The number of carbonyl (C=O) groups is 1. The highest BCUT2D eigenvalue weighted by Crippen LogP contribution is 2.14. The molecule has 4 nitrogen and oxygen atoms in total. The highest BCUT2D eigenvalue weighted by molar-refractivity contribution is 5.89. The molecule has 0 bridgehead atoms. The van der Waals surface area contributed by atoms with E-state index >= 15 is 0 Å². The molecule has 2 rings (SSSR count). The van der Waals surface area contributed by atoms with Crippen molar-refractivity contribution in [2.24, 2.45) is 0 Å². The van der Waals surface area contributed by atoms with Crippen LogP contribution >= 0.6 is 0 Å². The van der Waals surface area contributed by atoms with Gasteiger partial charge in [0.25, 0.3) is 0 Å². The van der Waals surface area contributed by atoms with Gasteiger partial charge >= 0.3 is 5.97 Å². The first-order chi connectivity index (χ1) is 8.56. The third-order valence-electron chi connectivity index (χ3n) is 3.52. The fourth-order valence-corrected chi connectivity index (χ4v) is 2.33. The Labute approximate surface area is 108 Å². The van der Waals surface area contributed by atoms with E-state index < -0.39 is 5.97 Å². The summed E-state index contributed by atoms with van der Waals surface area (Å²) in [6, 6.07) is 5.62. The Kier molecular flexibility index (Phi) is 3.99. The zero-order chi connectivity index (χ0) is 13.1. The monoisotopic (exact) mass is 248 g/mol. The standard InChI is InChI=1S/C14H20N2O2/c1-11-9-12(3-4-13(11)14(17)18)10-16-7-5-15(2)6-8-16/h3-4,9H,5-8,10H2,1-2H3,(H,17,18). The van der Waals surface area contributed by atoms with Gasteiger partial charge in [-0.15, -0.1) is 0 Å². The number of nitrogens with zero attached hydrogens (tertiary/aromatic N) is 2. The number of carboxylic acids is 1. The van der Waals surface area contributed by atoms with Crippen molar-refractivity contribution in [3.63, 3.8) is 0 Å². The molecular formula is C14H20N2O2. The quantitative estimate of drug-likeness (QED) is 0.879. The Morgan fingerprint density at radius 1 is 1.28 bits per heavy atom. The average molecular weight is 248 g/mol. The van der Waals surface area contributed by atoms with Gasteiger partial charge in [0, 0.05) is 32.7 Å². The first kappa shape index (κ1) is 13.1. The highest BCUT2D eigenvalue weighted by atomic mass is 16.4. The lowest BCUT2D eigenvalue weighted by atomic mass is 10.0. The fraction of sp³-hybridized carbons (Fsp3) is 0.500. The lowest BCUT2D eigenvalue weighted by Crippen LogP contribution is -2.43. The summed E-state index contributed by atoms with van der Waals surface area (Å²) in [5.74, 6) is -0.848. The van der Waals surface area contributed by atoms with Crippen LogP contribution in [-0.2, 0) is 6.54 Å². The Bertz CT molecular complexity index is 437. The van der Waals surface area contributed by atoms with Gasteiger partial charge in [-0.1, -0.05) is 12.1 Å². The van der Waals surface area contributed by atoms with Crippen molar-refractivity contribution in [3.05, 3.63) is 34.9 Å². The fourth-order valence-electron chi connectivity index (χ4n) is 2.33. The van der Waals surface area contributed by atoms with Crippen LogP contribution in [0.5, 0.6) is 0 Å². The minimum Gasteiger partial charge on any atom is -0.478 e. The van der Waals surface area contributed by atoms with E-state index in [1.165, 1.54) is 5.56 Å². The Hall–Kier alpha value is -1.39. The predicted molar refractivity (Wildman–Crippen MR) is 70.9 cm³/mol. The van der Waals surface area contributed by atoms with Gasteiger partial charge < -0.3 is 10.0 Å². The highest BCUT2D eigenvalue weighted by Gasteiger charge is 2.14. The van der Waals surface area contributed by atoms with Gasteiger partial charge in [0.2, 0.25) is 0 Å². The molecule has 0 aromatic heterocycles. The third kappa shape index (κ3) is 3.09. The van der Waals surface area contributed by atoms with E-state index in [1.807, 2.05) is 19.1 Å². The topological polar surface area (TPSA) is 43.8 Å². The van der Waals surface area contributed by atoms with E-state index in [-0.39, 0.29) is 0 Å². The molecule has 1 aliphatic rings. The summed E-state index contributed by atoms with van der Waals surface area (Å²) in [4.78, 5) is 15.7. The molecule has 1 aromatic rings. The Morgan fingerprint density at radius 2 is 1.94 bits per heavy atom. The van der Waals surface area contributed by atoms with Crippen LogP contribution in [0.15, 0.2) is 18.2 Å². The van der Waals surface area contributed by atoms with Crippen LogP contribution in [0.3, 0.4) is 0 Å². The van der Waals surface area contributed by atoms with Crippen LogP contribution in [0.1, 0.15) is 21.5 Å². The van der Waals surface area contributed by atoms with Crippen molar-refractivity contribution < 1.29 is 9.90 Å². The zero-order valence-corrected chi connectivity index (χ0v) is 11.0.